The Hall–Kier alpha value is -3.97. The highest BCUT2D eigenvalue weighted by atomic mass is 35.5. The number of para-hydroxylation sites is 1. The summed E-state index contributed by atoms with van der Waals surface area (Å²) in [5, 5.41) is 8.35. The number of nitrogens with one attached hydrogen (secondary N) is 1. The van der Waals surface area contributed by atoms with Gasteiger partial charge in [-0.3, -0.25) is 14.4 Å². The largest absolute Gasteiger partial charge is 0.319 e. The number of carbonyl (C=O) groups is 2. The van der Waals surface area contributed by atoms with Crippen molar-refractivity contribution in [3.05, 3.63) is 93.9 Å². The number of anilines is 2. The summed E-state index contributed by atoms with van der Waals surface area (Å²) in [6.07, 6.45) is 1.29. The summed E-state index contributed by atoms with van der Waals surface area (Å²) >= 11 is 6.35. The Kier molecular flexibility index (Phi) is 5.40. The molecule has 0 radical (unpaired) electrons. The van der Waals surface area contributed by atoms with Crippen molar-refractivity contribution in [3.63, 3.8) is 0 Å². The second-order valence-corrected chi connectivity index (χ2v) is 8.12. The Labute approximate surface area is 194 Å². The molecule has 2 heterocycles. The fraction of sp³-hybridized carbons (Fsp3) is 0.120. The molecule has 164 valence electrons. The summed E-state index contributed by atoms with van der Waals surface area (Å²) < 4.78 is 1.22. The molecule has 0 unspecified atom stereocenters. The average molecular weight is 459 g/mol. The molecular weight excluding hydrogens is 440 g/mol. The van der Waals surface area contributed by atoms with Crippen LogP contribution in [0.5, 0.6) is 0 Å². The van der Waals surface area contributed by atoms with E-state index in [1.54, 1.807) is 71.6 Å². The highest BCUT2D eigenvalue weighted by molar-refractivity contribution is 6.34. The van der Waals surface area contributed by atoms with Gasteiger partial charge in [-0.15, -0.1) is 0 Å². The van der Waals surface area contributed by atoms with Gasteiger partial charge in [0.1, 0.15) is 0 Å². The van der Waals surface area contributed by atoms with E-state index in [0.717, 1.165) is 6.42 Å². The molecule has 0 saturated carbocycles. The number of hydrogen-bond donors (Lipinski definition) is 1. The van der Waals surface area contributed by atoms with E-state index in [1.807, 2.05) is 6.07 Å². The molecule has 1 saturated heterocycles. The number of nitrogens with zero attached hydrogens (tertiary/aromatic N) is 3. The van der Waals surface area contributed by atoms with E-state index in [0.29, 0.717) is 45.8 Å². The molecule has 33 heavy (non-hydrogen) atoms. The SMILES string of the molecule is O=C(Nc1cc(N2CCCC2=O)ccc1Cl)c1nn(-c2ccccc2)c(=O)c2ccccc12. The van der Waals surface area contributed by atoms with Crippen LogP contribution in [0.15, 0.2) is 77.6 Å². The van der Waals surface area contributed by atoms with Gasteiger partial charge in [0.15, 0.2) is 5.69 Å². The lowest BCUT2D eigenvalue weighted by Crippen LogP contribution is -2.27. The van der Waals surface area contributed by atoms with Crippen LogP contribution in [0.25, 0.3) is 16.5 Å². The highest BCUT2D eigenvalue weighted by Crippen LogP contribution is 2.30. The van der Waals surface area contributed by atoms with Gasteiger partial charge in [-0.2, -0.15) is 9.78 Å². The Morgan fingerprint density at radius 2 is 1.64 bits per heavy atom. The lowest BCUT2D eigenvalue weighted by atomic mass is 10.1. The van der Waals surface area contributed by atoms with Crippen molar-refractivity contribution in [2.75, 3.05) is 16.8 Å². The van der Waals surface area contributed by atoms with E-state index in [9.17, 15) is 14.4 Å². The first-order chi connectivity index (χ1) is 16.0. The Balaban J connectivity index is 1.58. The summed E-state index contributed by atoms with van der Waals surface area (Å²) in [6, 6.07) is 20.9. The maximum Gasteiger partial charge on any atom is 0.279 e. The summed E-state index contributed by atoms with van der Waals surface area (Å²) in [5.74, 6) is -0.472. The lowest BCUT2D eigenvalue weighted by Gasteiger charge is -2.18. The third kappa shape index (κ3) is 3.87. The maximum absolute atomic E-state index is 13.3. The number of halogens is 1. The van der Waals surface area contributed by atoms with E-state index in [2.05, 4.69) is 10.4 Å². The second-order valence-electron chi connectivity index (χ2n) is 7.71. The first-order valence-corrected chi connectivity index (χ1v) is 10.9. The van der Waals surface area contributed by atoms with Crippen LogP contribution in [0.4, 0.5) is 11.4 Å². The molecule has 2 amide bonds. The summed E-state index contributed by atoms with van der Waals surface area (Å²) in [7, 11) is 0. The van der Waals surface area contributed by atoms with E-state index in [1.165, 1.54) is 4.68 Å². The van der Waals surface area contributed by atoms with Gasteiger partial charge in [0.05, 0.1) is 21.8 Å². The zero-order chi connectivity index (χ0) is 22.9. The molecule has 1 fully saturated rings. The summed E-state index contributed by atoms with van der Waals surface area (Å²) in [4.78, 5) is 40.2. The predicted molar refractivity (Wildman–Crippen MR) is 128 cm³/mol. The highest BCUT2D eigenvalue weighted by Gasteiger charge is 2.23. The minimum absolute atomic E-state index is 0.0391. The fourth-order valence-electron chi connectivity index (χ4n) is 3.98. The van der Waals surface area contributed by atoms with Gasteiger partial charge >= 0.3 is 0 Å². The third-order valence-electron chi connectivity index (χ3n) is 5.60. The first-order valence-electron chi connectivity index (χ1n) is 10.5. The van der Waals surface area contributed by atoms with Crippen LogP contribution in [0.1, 0.15) is 23.3 Å². The molecule has 1 N–H and O–H groups in total. The zero-order valence-electron chi connectivity index (χ0n) is 17.5. The number of benzene rings is 3. The molecule has 8 heteroatoms. The number of amides is 2. The number of fused-ring (bicyclic) bond motifs is 1. The van der Waals surface area contributed by atoms with Crippen molar-refractivity contribution >= 4 is 45.6 Å². The van der Waals surface area contributed by atoms with Crippen LogP contribution in [-0.2, 0) is 4.79 Å². The standard InChI is InChI=1S/C25H19ClN4O3/c26-20-13-12-17(29-14-6-11-22(29)31)15-21(20)27-24(32)23-18-9-4-5-10-19(18)25(33)30(28-23)16-7-2-1-3-8-16/h1-5,7-10,12-13,15H,6,11,14H2,(H,27,32). The Morgan fingerprint density at radius 3 is 2.36 bits per heavy atom. The van der Waals surface area contributed by atoms with Crippen molar-refractivity contribution in [1.82, 2.24) is 9.78 Å². The second kappa shape index (κ2) is 8.52. The number of aromatic nitrogens is 2. The van der Waals surface area contributed by atoms with Crippen molar-refractivity contribution in [2.45, 2.75) is 12.8 Å². The monoisotopic (exact) mass is 458 g/mol. The van der Waals surface area contributed by atoms with Crippen LogP contribution >= 0.6 is 11.6 Å². The zero-order valence-corrected chi connectivity index (χ0v) is 18.2. The minimum Gasteiger partial charge on any atom is -0.319 e. The van der Waals surface area contributed by atoms with Crippen LogP contribution in [-0.4, -0.2) is 28.1 Å². The van der Waals surface area contributed by atoms with Gasteiger partial charge in [-0.25, -0.2) is 0 Å². The van der Waals surface area contributed by atoms with E-state index >= 15 is 0 Å². The lowest BCUT2D eigenvalue weighted by molar-refractivity contribution is -0.117. The fourth-order valence-corrected chi connectivity index (χ4v) is 4.15. The Bertz CT molecular complexity index is 1450. The molecule has 0 spiro atoms. The van der Waals surface area contributed by atoms with Gasteiger partial charge in [0, 0.05) is 24.0 Å². The molecule has 7 nitrogen and oxygen atoms in total. The molecule has 1 aliphatic heterocycles. The van der Waals surface area contributed by atoms with E-state index < -0.39 is 5.91 Å². The van der Waals surface area contributed by atoms with Crippen LogP contribution < -0.4 is 15.8 Å². The van der Waals surface area contributed by atoms with E-state index in [-0.39, 0.29) is 17.2 Å². The molecular formula is C25H19ClN4O3. The van der Waals surface area contributed by atoms with Crippen LogP contribution in [0.3, 0.4) is 0 Å². The van der Waals surface area contributed by atoms with Gasteiger partial charge in [0.2, 0.25) is 5.91 Å². The predicted octanol–water partition coefficient (Wildman–Crippen LogP) is 4.42. The number of carbonyl (C=O) groups excluding carboxylic acids is 2. The van der Waals surface area contributed by atoms with Gasteiger partial charge in [-0.05, 0) is 42.8 Å². The molecule has 0 aliphatic carbocycles. The molecule has 1 aromatic heterocycles. The molecule has 4 aromatic rings. The van der Waals surface area contributed by atoms with Gasteiger partial charge < -0.3 is 10.2 Å². The molecule has 3 aromatic carbocycles. The van der Waals surface area contributed by atoms with Gasteiger partial charge in [0.25, 0.3) is 11.5 Å². The Morgan fingerprint density at radius 1 is 0.909 bits per heavy atom. The maximum atomic E-state index is 13.3. The van der Waals surface area contributed by atoms with Gasteiger partial charge in [-0.1, -0.05) is 48.0 Å². The molecule has 0 atom stereocenters. The summed E-state index contributed by atoms with van der Waals surface area (Å²) in [5.41, 5.74) is 1.36. The quantitative estimate of drug-likeness (QED) is 0.490. The summed E-state index contributed by atoms with van der Waals surface area (Å²) in [6.45, 7) is 0.627. The minimum atomic E-state index is -0.511. The third-order valence-corrected chi connectivity index (χ3v) is 5.93. The van der Waals surface area contributed by atoms with Crippen molar-refractivity contribution in [2.24, 2.45) is 0 Å². The van der Waals surface area contributed by atoms with Crippen LogP contribution in [0.2, 0.25) is 5.02 Å². The number of rotatable bonds is 4. The van der Waals surface area contributed by atoms with Crippen molar-refractivity contribution < 1.29 is 9.59 Å². The number of hydrogen-bond acceptors (Lipinski definition) is 4. The van der Waals surface area contributed by atoms with E-state index in [4.69, 9.17) is 11.6 Å². The molecule has 1 aliphatic rings. The van der Waals surface area contributed by atoms with Crippen molar-refractivity contribution in [1.29, 1.82) is 0 Å². The topological polar surface area (TPSA) is 84.3 Å². The molecule has 0 bridgehead atoms. The van der Waals surface area contributed by atoms with Crippen LogP contribution in [0, 0.1) is 0 Å². The average Bonchev–Trinajstić information content (AvgIpc) is 3.27. The smallest absolute Gasteiger partial charge is 0.279 e. The molecule has 5 rings (SSSR count). The van der Waals surface area contributed by atoms with Crippen molar-refractivity contribution in [3.8, 4) is 5.69 Å². The normalized spacial score (nSPS) is 13.5. The first kappa shape index (κ1) is 20.9.